The number of hydrogen-bond donors (Lipinski definition) is 2. The van der Waals surface area contributed by atoms with Gasteiger partial charge in [0.2, 0.25) is 0 Å². The summed E-state index contributed by atoms with van der Waals surface area (Å²) in [6.45, 7) is 8.28. The Balaban J connectivity index is 1.64. The van der Waals surface area contributed by atoms with E-state index < -0.39 is 17.8 Å². The van der Waals surface area contributed by atoms with Crippen molar-refractivity contribution in [2.45, 2.75) is 88.5 Å². The number of rotatable bonds is 16. The predicted molar refractivity (Wildman–Crippen MR) is 159 cm³/mol. The van der Waals surface area contributed by atoms with E-state index in [1.165, 1.54) is 19.3 Å². The first-order valence-corrected chi connectivity index (χ1v) is 15.2. The van der Waals surface area contributed by atoms with Gasteiger partial charge in [-0.2, -0.15) is 0 Å². The minimum atomic E-state index is -1.16. The molecule has 40 heavy (non-hydrogen) atoms. The molecule has 0 aromatic heterocycles. The van der Waals surface area contributed by atoms with Gasteiger partial charge in [0.15, 0.2) is 0 Å². The Kier molecular flexibility index (Phi) is 12.7. The van der Waals surface area contributed by atoms with Crippen molar-refractivity contribution >= 4 is 0 Å². The topological polar surface area (TPSA) is 71.4 Å². The summed E-state index contributed by atoms with van der Waals surface area (Å²) in [6.07, 6.45) is 7.35. The summed E-state index contributed by atoms with van der Waals surface area (Å²) in [5, 5.41) is 23.1. The zero-order valence-corrected chi connectivity index (χ0v) is 24.0. The molecule has 0 spiro atoms. The Morgan fingerprint density at radius 1 is 0.925 bits per heavy atom. The van der Waals surface area contributed by atoms with E-state index in [0.29, 0.717) is 58.2 Å². The molecular formula is C34H49NO5. The highest BCUT2D eigenvalue weighted by atomic mass is 16.6. The first-order valence-electron chi connectivity index (χ1n) is 15.2. The van der Waals surface area contributed by atoms with Crippen LogP contribution in [-0.2, 0) is 27.4 Å². The fourth-order valence-electron chi connectivity index (χ4n) is 6.19. The smallest absolute Gasteiger partial charge is 0.114 e. The number of nitrogens with zero attached hydrogens (tertiary/aromatic N) is 1. The third-order valence-electron chi connectivity index (χ3n) is 8.50. The molecule has 6 heteroatoms. The van der Waals surface area contributed by atoms with E-state index >= 15 is 0 Å². The second-order valence-corrected chi connectivity index (χ2v) is 11.6. The minimum Gasteiger partial charge on any atom is -0.389 e. The summed E-state index contributed by atoms with van der Waals surface area (Å²) in [5.74, 6) is 0.431. The molecule has 1 aliphatic carbocycles. The zero-order chi connectivity index (χ0) is 28.0. The second kappa shape index (κ2) is 16.4. The molecule has 0 amide bonds. The number of aliphatic hydroxyl groups excluding tert-OH is 1. The molecule has 2 fully saturated rings. The van der Waals surface area contributed by atoms with Crippen LogP contribution in [-0.4, -0.2) is 71.9 Å². The van der Waals surface area contributed by atoms with Crippen LogP contribution in [0, 0.1) is 5.92 Å². The Bertz CT molecular complexity index is 961. The normalized spacial score (nSPS) is 20.9. The lowest BCUT2D eigenvalue weighted by Gasteiger charge is -2.44. The average Bonchev–Trinajstić information content (AvgIpc) is 3.00. The largest absolute Gasteiger partial charge is 0.389 e. The van der Waals surface area contributed by atoms with Crippen molar-refractivity contribution in [1.82, 2.24) is 4.90 Å². The highest BCUT2D eigenvalue weighted by Crippen LogP contribution is 2.38. The van der Waals surface area contributed by atoms with Gasteiger partial charge in [0.05, 0.1) is 44.2 Å². The number of benzene rings is 2. The maximum absolute atomic E-state index is 12.6. The lowest BCUT2D eigenvalue weighted by molar-refractivity contribution is -0.193. The first-order chi connectivity index (χ1) is 19.6. The van der Waals surface area contributed by atoms with Crippen LogP contribution in [0.2, 0.25) is 0 Å². The van der Waals surface area contributed by atoms with E-state index in [9.17, 15) is 10.2 Å². The van der Waals surface area contributed by atoms with Crippen LogP contribution in [0.25, 0.3) is 0 Å². The van der Waals surface area contributed by atoms with Gasteiger partial charge in [-0.3, -0.25) is 4.90 Å². The molecule has 2 aromatic rings. The molecule has 2 aromatic carbocycles. The van der Waals surface area contributed by atoms with Gasteiger partial charge >= 0.3 is 0 Å². The highest BCUT2D eigenvalue weighted by molar-refractivity contribution is 5.15. The van der Waals surface area contributed by atoms with Crippen LogP contribution in [0.4, 0.5) is 0 Å². The lowest BCUT2D eigenvalue weighted by atomic mass is 9.75. The summed E-state index contributed by atoms with van der Waals surface area (Å²) in [7, 11) is 0. The number of aliphatic hydroxyl groups is 2. The molecule has 220 valence electrons. The van der Waals surface area contributed by atoms with Crippen LogP contribution in [0.5, 0.6) is 0 Å². The standard InChI is InChI=1S/C34H49NO5/c1-2-31(36)18-19-34(37,24-28-12-6-3-7-13-28)33(40-27-30-16-10-5-11-17-30)32(25-35-20-22-38-23-21-35)39-26-29-14-8-4-9-15-29/h2,4-5,8-11,14-17,28,31-33,36-37H,1,3,6-7,12-13,18-27H2/t31?,32-,33+,34+/m0/s1. The fraction of sp³-hybridized carbons (Fsp3) is 0.588. The summed E-state index contributed by atoms with van der Waals surface area (Å²) in [4.78, 5) is 2.36. The van der Waals surface area contributed by atoms with Crippen LogP contribution in [0.3, 0.4) is 0 Å². The highest BCUT2D eigenvalue weighted by Gasteiger charge is 2.45. The summed E-state index contributed by atoms with van der Waals surface area (Å²) < 4.78 is 19.1. The molecule has 1 heterocycles. The lowest BCUT2D eigenvalue weighted by Crippen LogP contribution is -2.56. The molecular weight excluding hydrogens is 502 g/mol. The van der Waals surface area contributed by atoms with Crippen molar-refractivity contribution in [3.05, 3.63) is 84.4 Å². The number of morpholine rings is 1. The summed E-state index contributed by atoms with van der Waals surface area (Å²) in [5.41, 5.74) is 0.995. The third-order valence-corrected chi connectivity index (χ3v) is 8.50. The van der Waals surface area contributed by atoms with Crippen molar-refractivity contribution in [2.24, 2.45) is 5.92 Å². The minimum absolute atomic E-state index is 0.364. The Morgan fingerprint density at radius 3 is 2.12 bits per heavy atom. The van der Waals surface area contributed by atoms with Crippen LogP contribution in [0.15, 0.2) is 73.3 Å². The fourth-order valence-corrected chi connectivity index (χ4v) is 6.19. The maximum Gasteiger partial charge on any atom is 0.114 e. The Hall–Kier alpha value is -2.06. The van der Waals surface area contributed by atoms with Crippen LogP contribution >= 0.6 is 0 Å². The van der Waals surface area contributed by atoms with Gasteiger partial charge in [-0.1, -0.05) is 98.8 Å². The van der Waals surface area contributed by atoms with E-state index in [2.05, 4.69) is 35.7 Å². The molecule has 0 radical (unpaired) electrons. The van der Waals surface area contributed by atoms with E-state index in [1.807, 2.05) is 36.4 Å². The first kappa shape index (κ1) is 30.9. The summed E-state index contributed by atoms with van der Waals surface area (Å²) >= 11 is 0. The average molecular weight is 552 g/mol. The molecule has 4 rings (SSSR count). The quantitative estimate of drug-likeness (QED) is 0.268. The van der Waals surface area contributed by atoms with Crippen molar-refractivity contribution < 1.29 is 24.4 Å². The molecule has 4 atom stereocenters. The monoisotopic (exact) mass is 551 g/mol. The molecule has 1 unspecified atom stereocenters. The van der Waals surface area contributed by atoms with Gasteiger partial charge < -0.3 is 24.4 Å². The van der Waals surface area contributed by atoms with E-state index in [-0.39, 0.29) is 6.10 Å². The van der Waals surface area contributed by atoms with Gasteiger partial charge in [-0.05, 0) is 36.3 Å². The third kappa shape index (κ3) is 9.79. The van der Waals surface area contributed by atoms with E-state index in [4.69, 9.17) is 14.2 Å². The Labute approximate surface area is 241 Å². The SMILES string of the molecule is C=CC(O)CC[C@@](O)(CC1CCCCC1)[C@H](OCc1ccccc1)[C@H](CN1CCOCC1)OCc1ccccc1. The van der Waals surface area contributed by atoms with Crippen molar-refractivity contribution in [3.8, 4) is 0 Å². The van der Waals surface area contributed by atoms with Crippen molar-refractivity contribution in [3.63, 3.8) is 0 Å². The maximum atomic E-state index is 12.6. The second-order valence-electron chi connectivity index (χ2n) is 11.6. The van der Waals surface area contributed by atoms with E-state index in [1.54, 1.807) is 6.08 Å². The van der Waals surface area contributed by atoms with Gasteiger partial charge in [-0.25, -0.2) is 0 Å². The van der Waals surface area contributed by atoms with Crippen molar-refractivity contribution in [1.29, 1.82) is 0 Å². The van der Waals surface area contributed by atoms with Gasteiger partial charge in [0, 0.05) is 19.6 Å². The molecule has 1 saturated heterocycles. The zero-order valence-electron chi connectivity index (χ0n) is 24.0. The number of ether oxygens (including phenoxy) is 3. The van der Waals surface area contributed by atoms with E-state index in [0.717, 1.165) is 37.1 Å². The molecule has 2 N–H and O–H groups in total. The molecule has 1 saturated carbocycles. The molecule has 1 aliphatic heterocycles. The molecule has 6 nitrogen and oxygen atoms in total. The van der Waals surface area contributed by atoms with Crippen LogP contribution in [0.1, 0.15) is 62.5 Å². The summed E-state index contributed by atoms with van der Waals surface area (Å²) in [6, 6.07) is 20.3. The molecule has 2 aliphatic rings. The molecule has 0 bridgehead atoms. The van der Waals surface area contributed by atoms with Gasteiger partial charge in [-0.15, -0.1) is 6.58 Å². The Morgan fingerprint density at radius 2 is 1.52 bits per heavy atom. The van der Waals surface area contributed by atoms with Gasteiger partial charge in [0.25, 0.3) is 0 Å². The predicted octanol–water partition coefficient (Wildman–Crippen LogP) is 5.52. The number of hydrogen-bond acceptors (Lipinski definition) is 6. The van der Waals surface area contributed by atoms with Gasteiger partial charge in [0.1, 0.15) is 6.10 Å². The van der Waals surface area contributed by atoms with Crippen molar-refractivity contribution in [2.75, 3.05) is 32.8 Å². The van der Waals surface area contributed by atoms with Crippen LogP contribution < -0.4 is 0 Å².